The van der Waals surface area contributed by atoms with Crippen LogP contribution < -0.4 is 5.32 Å². The maximum absolute atomic E-state index is 12.6. The van der Waals surface area contributed by atoms with E-state index in [-0.39, 0.29) is 32.0 Å². The van der Waals surface area contributed by atoms with Crippen molar-refractivity contribution in [1.82, 2.24) is 10.2 Å². The third-order valence-electron chi connectivity index (χ3n) is 3.70. The highest BCUT2D eigenvalue weighted by atomic mass is 16.5. The first-order valence-electron chi connectivity index (χ1n) is 8.91. The molecule has 0 heterocycles. The van der Waals surface area contributed by atoms with Gasteiger partial charge in [0.25, 0.3) is 0 Å². The second-order valence-electron chi connectivity index (χ2n) is 6.60. The van der Waals surface area contributed by atoms with Crippen molar-refractivity contribution < 1.29 is 29.3 Å². The molecule has 0 saturated carbocycles. The average molecular weight is 380 g/mol. The van der Waals surface area contributed by atoms with Crippen LogP contribution >= 0.6 is 0 Å². The Morgan fingerprint density at radius 2 is 1.78 bits per heavy atom. The lowest BCUT2D eigenvalue weighted by atomic mass is 10.1. The lowest BCUT2D eigenvalue weighted by Crippen LogP contribution is -2.52. The summed E-state index contributed by atoms with van der Waals surface area (Å²) in [5, 5.41) is 21.8. The molecule has 2 amide bonds. The number of esters is 1. The number of carbonyl (C=O) groups is 3. The Morgan fingerprint density at radius 3 is 2.30 bits per heavy atom. The Balaban J connectivity index is 2.82. The molecule has 0 aliphatic rings. The van der Waals surface area contributed by atoms with Crippen LogP contribution in [0.15, 0.2) is 30.3 Å². The fourth-order valence-electron chi connectivity index (χ4n) is 2.49. The Hall–Kier alpha value is -2.61. The van der Waals surface area contributed by atoms with Gasteiger partial charge in [0.2, 0.25) is 0 Å². The minimum absolute atomic E-state index is 0.0579. The van der Waals surface area contributed by atoms with E-state index in [1.807, 2.05) is 19.9 Å². The summed E-state index contributed by atoms with van der Waals surface area (Å²) in [5.41, 5.74) is 0.771. The zero-order valence-corrected chi connectivity index (χ0v) is 15.9. The monoisotopic (exact) mass is 380 g/mol. The van der Waals surface area contributed by atoms with Crippen molar-refractivity contribution in [3.05, 3.63) is 35.9 Å². The predicted octanol–water partition coefficient (Wildman–Crippen LogP) is 1.27. The van der Waals surface area contributed by atoms with Crippen molar-refractivity contribution in [1.29, 1.82) is 0 Å². The molecule has 0 fully saturated rings. The van der Waals surface area contributed by atoms with Crippen molar-refractivity contribution in [2.75, 3.05) is 19.7 Å². The summed E-state index contributed by atoms with van der Waals surface area (Å²) < 4.78 is 4.75. The van der Waals surface area contributed by atoms with Crippen LogP contribution in [0.1, 0.15) is 26.3 Å². The number of rotatable bonds is 10. The number of urea groups is 1. The molecule has 0 spiro atoms. The summed E-state index contributed by atoms with van der Waals surface area (Å²) in [4.78, 5) is 37.0. The number of amides is 2. The van der Waals surface area contributed by atoms with Gasteiger partial charge in [0.1, 0.15) is 6.04 Å². The number of carbonyl (C=O) groups excluding carboxylic acids is 2. The van der Waals surface area contributed by atoms with E-state index in [4.69, 9.17) is 4.74 Å². The van der Waals surface area contributed by atoms with Crippen molar-refractivity contribution in [2.45, 2.75) is 39.3 Å². The number of nitrogens with one attached hydrogen (secondary N) is 1. The number of hydrogen-bond acceptors (Lipinski definition) is 5. The van der Waals surface area contributed by atoms with Crippen LogP contribution in [-0.4, -0.2) is 64.9 Å². The van der Waals surface area contributed by atoms with Gasteiger partial charge in [-0.3, -0.25) is 0 Å². The highest BCUT2D eigenvalue weighted by Gasteiger charge is 2.27. The number of hydrogen-bond donors (Lipinski definition) is 3. The molecule has 0 aliphatic heterocycles. The van der Waals surface area contributed by atoms with Crippen molar-refractivity contribution >= 4 is 18.0 Å². The smallest absolute Gasteiger partial charge is 0.336 e. The first-order valence-corrected chi connectivity index (χ1v) is 8.91. The van der Waals surface area contributed by atoms with Gasteiger partial charge in [-0.25, -0.2) is 14.4 Å². The zero-order valence-electron chi connectivity index (χ0n) is 15.9. The maximum Gasteiger partial charge on any atom is 0.336 e. The van der Waals surface area contributed by atoms with Crippen molar-refractivity contribution in [2.24, 2.45) is 5.92 Å². The van der Waals surface area contributed by atoms with Crippen LogP contribution in [0.5, 0.6) is 0 Å². The van der Waals surface area contributed by atoms with Crippen molar-refractivity contribution in [3.8, 4) is 0 Å². The third kappa shape index (κ3) is 8.08. The molecule has 1 aromatic rings. The molecule has 0 radical (unpaired) electrons. The minimum Gasteiger partial charge on any atom is -0.480 e. The van der Waals surface area contributed by atoms with Crippen LogP contribution in [0.2, 0.25) is 0 Å². The number of aliphatic hydroxyl groups excluding tert-OH is 1. The first-order chi connectivity index (χ1) is 12.7. The van der Waals surface area contributed by atoms with Gasteiger partial charge in [-0.2, -0.15) is 0 Å². The summed E-state index contributed by atoms with van der Waals surface area (Å²) in [7, 11) is 0. The Morgan fingerprint density at radius 1 is 1.15 bits per heavy atom. The topological polar surface area (TPSA) is 116 Å². The predicted molar refractivity (Wildman–Crippen MR) is 99.2 cm³/mol. The Labute approximate surface area is 159 Å². The number of aliphatic hydroxyl groups is 1. The van der Waals surface area contributed by atoms with Gasteiger partial charge in [-0.05, 0) is 18.4 Å². The van der Waals surface area contributed by atoms with E-state index in [1.54, 1.807) is 31.2 Å². The van der Waals surface area contributed by atoms with Crippen LogP contribution in [0.25, 0.3) is 0 Å². The number of nitrogens with zero attached hydrogens (tertiary/aromatic N) is 1. The molecule has 0 saturated heterocycles. The lowest BCUT2D eigenvalue weighted by molar-refractivity contribution is -0.153. The molecule has 150 valence electrons. The molecule has 3 N–H and O–H groups in total. The van der Waals surface area contributed by atoms with Crippen LogP contribution in [-0.2, 0) is 20.7 Å². The van der Waals surface area contributed by atoms with Crippen LogP contribution in [0.4, 0.5) is 4.79 Å². The molecule has 8 nitrogen and oxygen atoms in total. The maximum atomic E-state index is 12.6. The standard InChI is InChI=1S/C19H28N2O6/c1-4-27-18(25)16(22)12-21(11-13(2)3)19(26)20-15(17(23)24)10-14-8-6-5-7-9-14/h5-9,13,15-16,22H,4,10-12H2,1-3H3,(H,20,26)(H,23,24)/t15-,16?/m0/s1. The van der Waals surface area contributed by atoms with E-state index in [1.165, 1.54) is 4.90 Å². The normalized spacial score (nSPS) is 12.9. The summed E-state index contributed by atoms with van der Waals surface area (Å²) >= 11 is 0. The van der Waals surface area contributed by atoms with E-state index >= 15 is 0 Å². The molecule has 1 unspecified atom stereocenters. The van der Waals surface area contributed by atoms with Gasteiger partial charge in [0, 0.05) is 13.0 Å². The highest BCUT2D eigenvalue weighted by molar-refractivity contribution is 5.83. The lowest BCUT2D eigenvalue weighted by Gasteiger charge is -2.28. The number of carboxylic acid groups (broad SMARTS) is 1. The summed E-state index contributed by atoms with van der Waals surface area (Å²) in [5.74, 6) is -1.93. The molecule has 0 bridgehead atoms. The van der Waals surface area contributed by atoms with Crippen LogP contribution in [0, 0.1) is 5.92 Å². The third-order valence-corrected chi connectivity index (χ3v) is 3.70. The van der Waals surface area contributed by atoms with Crippen LogP contribution in [0.3, 0.4) is 0 Å². The molecule has 1 rings (SSSR count). The molecule has 27 heavy (non-hydrogen) atoms. The molecule has 0 aliphatic carbocycles. The van der Waals surface area contributed by atoms with Gasteiger partial charge in [-0.15, -0.1) is 0 Å². The first kappa shape index (κ1) is 22.4. The van der Waals surface area contributed by atoms with E-state index in [2.05, 4.69) is 5.32 Å². The number of aliphatic carboxylic acids is 1. The zero-order chi connectivity index (χ0) is 20.4. The fourth-order valence-corrected chi connectivity index (χ4v) is 2.49. The second-order valence-corrected chi connectivity index (χ2v) is 6.60. The SMILES string of the molecule is CCOC(=O)C(O)CN(CC(C)C)C(=O)N[C@@H](Cc1ccccc1)C(=O)O. The molecule has 8 heteroatoms. The van der Waals surface area contributed by atoms with E-state index in [0.717, 1.165) is 5.56 Å². The van der Waals surface area contributed by atoms with Gasteiger partial charge in [0.15, 0.2) is 6.10 Å². The largest absolute Gasteiger partial charge is 0.480 e. The minimum atomic E-state index is -1.49. The molecule has 1 aromatic carbocycles. The van der Waals surface area contributed by atoms with Gasteiger partial charge >= 0.3 is 18.0 Å². The molecule has 2 atom stereocenters. The van der Waals surface area contributed by atoms with Gasteiger partial charge in [0.05, 0.1) is 13.2 Å². The second kappa shape index (κ2) is 11.2. The molecular formula is C19H28N2O6. The summed E-state index contributed by atoms with van der Waals surface area (Å²) in [6, 6.07) is 7.16. The van der Waals surface area contributed by atoms with Gasteiger partial charge < -0.3 is 25.2 Å². The Kier molecular flexibility index (Phi) is 9.29. The van der Waals surface area contributed by atoms with E-state index in [0.29, 0.717) is 0 Å². The van der Waals surface area contributed by atoms with Gasteiger partial charge in [-0.1, -0.05) is 44.2 Å². The quantitative estimate of drug-likeness (QED) is 0.527. The van der Waals surface area contributed by atoms with Crippen molar-refractivity contribution in [3.63, 3.8) is 0 Å². The Bertz CT molecular complexity index is 620. The molecular weight excluding hydrogens is 352 g/mol. The average Bonchev–Trinajstić information content (AvgIpc) is 2.61. The summed E-state index contributed by atoms with van der Waals surface area (Å²) in [6.07, 6.45) is -1.37. The highest BCUT2D eigenvalue weighted by Crippen LogP contribution is 2.07. The molecule has 0 aromatic heterocycles. The number of ether oxygens (including phenoxy) is 1. The number of benzene rings is 1. The van der Waals surface area contributed by atoms with E-state index in [9.17, 15) is 24.6 Å². The summed E-state index contributed by atoms with van der Waals surface area (Å²) in [6.45, 7) is 5.44. The fraction of sp³-hybridized carbons (Fsp3) is 0.526. The number of carboxylic acids is 1. The van der Waals surface area contributed by atoms with E-state index < -0.39 is 30.1 Å².